The highest BCUT2D eigenvalue weighted by atomic mass is 16.2. The van der Waals surface area contributed by atoms with Crippen molar-refractivity contribution in [2.24, 2.45) is 23.3 Å². The van der Waals surface area contributed by atoms with Crippen LogP contribution in [0, 0.1) is 11.8 Å². The molecule has 3 unspecified atom stereocenters. The van der Waals surface area contributed by atoms with Gasteiger partial charge in [-0.1, -0.05) is 13.8 Å². The van der Waals surface area contributed by atoms with E-state index in [1.165, 1.54) is 0 Å². The van der Waals surface area contributed by atoms with Gasteiger partial charge in [0.2, 0.25) is 11.8 Å². The van der Waals surface area contributed by atoms with Gasteiger partial charge in [0.1, 0.15) is 0 Å². The standard InChI is InChI=1S/C10H19N3O2/c1-6-4-13(5-7(6)2)10(15)8(11)3-9(12)14/h6-8H,3-5,11H2,1-2H3,(H2,12,14). The molecular formula is C10H19N3O2. The van der Waals surface area contributed by atoms with Crippen molar-refractivity contribution in [3.05, 3.63) is 0 Å². The maximum atomic E-state index is 11.8. The molecule has 2 amide bonds. The molecule has 0 spiro atoms. The third kappa shape index (κ3) is 2.92. The molecule has 0 aromatic heterocycles. The maximum Gasteiger partial charge on any atom is 0.240 e. The average Bonchev–Trinajstić information content (AvgIpc) is 2.44. The fourth-order valence-electron chi connectivity index (χ4n) is 1.85. The molecule has 1 saturated heterocycles. The molecule has 1 heterocycles. The van der Waals surface area contributed by atoms with Crippen LogP contribution in [0.15, 0.2) is 0 Å². The van der Waals surface area contributed by atoms with Crippen LogP contribution < -0.4 is 11.5 Å². The van der Waals surface area contributed by atoms with Gasteiger partial charge in [-0.2, -0.15) is 0 Å². The van der Waals surface area contributed by atoms with Gasteiger partial charge in [-0.15, -0.1) is 0 Å². The Kier molecular flexibility index (Phi) is 3.68. The van der Waals surface area contributed by atoms with E-state index in [9.17, 15) is 9.59 Å². The number of carbonyl (C=O) groups is 2. The van der Waals surface area contributed by atoms with E-state index in [0.717, 1.165) is 13.1 Å². The first kappa shape index (κ1) is 12.0. The number of hydrogen-bond acceptors (Lipinski definition) is 3. The van der Waals surface area contributed by atoms with Crippen molar-refractivity contribution >= 4 is 11.8 Å². The van der Waals surface area contributed by atoms with E-state index in [4.69, 9.17) is 11.5 Å². The van der Waals surface area contributed by atoms with Crippen molar-refractivity contribution in [3.63, 3.8) is 0 Å². The molecular weight excluding hydrogens is 194 g/mol. The van der Waals surface area contributed by atoms with Crippen LogP contribution in [0.3, 0.4) is 0 Å². The molecule has 4 N–H and O–H groups in total. The summed E-state index contributed by atoms with van der Waals surface area (Å²) < 4.78 is 0. The van der Waals surface area contributed by atoms with Gasteiger partial charge < -0.3 is 16.4 Å². The summed E-state index contributed by atoms with van der Waals surface area (Å²) in [4.78, 5) is 24.1. The van der Waals surface area contributed by atoms with Crippen molar-refractivity contribution in [2.75, 3.05) is 13.1 Å². The number of likely N-dealkylation sites (tertiary alicyclic amines) is 1. The van der Waals surface area contributed by atoms with Gasteiger partial charge in [0.25, 0.3) is 0 Å². The number of nitrogens with two attached hydrogens (primary N) is 2. The van der Waals surface area contributed by atoms with Crippen LogP contribution in [0.4, 0.5) is 0 Å². The predicted octanol–water partition coefficient (Wildman–Crippen LogP) is -0.696. The summed E-state index contributed by atoms with van der Waals surface area (Å²) in [5.41, 5.74) is 10.6. The largest absolute Gasteiger partial charge is 0.370 e. The Morgan fingerprint density at radius 2 is 1.80 bits per heavy atom. The summed E-state index contributed by atoms with van der Waals surface area (Å²) in [5.74, 6) is 0.297. The highest BCUT2D eigenvalue weighted by Gasteiger charge is 2.32. The van der Waals surface area contributed by atoms with Gasteiger partial charge in [-0.05, 0) is 11.8 Å². The zero-order valence-corrected chi connectivity index (χ0v) is 9.27. The summed E-state index contributed by atoms with van der Waals surface area (Å²) in [6.07, 6.45) is -0.0713. The summed E-state index contributed by atoms with van der Waals surface area (Å²) in [7, 11) is 0. The first-order chi connectivity index (χ1) is 6.91. The Morgan fingerprint density at radius 1 is 1.33 bits per heavy atom. The zero-order chi connectivity index (χ0) is 11.6. The lowest BCUT2D eigenvalue weighted by molar-refractivity contribution is -0.133. The summed E-state index contributed by atoms with van der Waals surface area (Å²) >= 11 is 0. The van der Waals surface area contributed by atoms with Crippen molar-refractivity contribution in [1.29, 1.82) is 0 Å². The molecule has 86 valence electrons. The van der Waals surface area contributed by atoms with Gasteiger partial charge in [0.15, 0.2) is 0 Å². The van der Waals surface area contributed by atoms with Gasteiger partial charge in [0, 0.05) is 13.1 Å². The highest BCUT2D eigenvalue weighted by molar-refractivity contribution is 5.87. The second-order valence-corrected chi connectivity index (χ2v) is 4.47. The summed E-state index contributed by atoms with van der Waals surface area (Å²) in [6.45, 7) is 5.67. The highest BCUT2D eigenvalue weighted by Crippen LogP contribution is 2.22. The van der Waals surface area contributed by atoms with Crippen LogP contribution in [0.25, 0.3) is 0 Å². The quantitative estimate of drug-likeness (QED) is 0.650. The summed E-state index contributed by atoms with van der Waals surface area (Å²) in [5, 5.41) is 0. The van der Waals surface area contributed by atoms with E-state index >= 15 is 0 Å². The SMILES string of the molecule is CC1CN(C(=O)C(N)CC(N)=O)CC1C. The van der Waals surface area contributed by atoms with Gasteiger partial charge in [-0.3, -0.25) is 9.59 Å². The lowest BCUT2D eigenvalue weighted by atomic mass is 10.0. The Labute approximate surface area is 89.8 Å². The van der Waals surface area contributed by atoms with Crippen LogP contribution >= 0.6 is 0 Å². The van der Waals surface area contributed by atoms with Gasteiger partial charge >= 0.3 is 0 Å². The average molecular weight is 213 g/mol. The van der Waals surface area contributed by atoms with Crippen molar-refractivity contribution in [2.45, 2.75) is 26.3 Å². The van der Waals surface area contributed by atoms with Crippen LogP contribution in [0.2, 0.25) is 0 Å². The summed E-state index contributed by atoms with van der Waals surface area (Å²) in [6, 6.07) is -0.778. The van der Waals surface area contributed by atoms with Gasteiger partial charge in [0.05, 0.1) is 12.5 Å². The van der Waals surface area contributed by atoms with Crippen molar-refractivity contribution < 1.29 is 9.59 Å². The van der Waals surface area contributed by atoms with Crippen molar-refractivity contribution in [1.82, 2.24) is 4.90 Å². The van der Waals surface area contributed by atoms with Crippen molar-refractivity contribution in [3.8, 4) is 0 Å². The van der Waals surface area contributed by atoms with Crippen LogP contribution in [-0.4, -0.2) is 35.8 Å². The molecule has 0 aromatic carbocycles. The van der Waals surface area contributed by atoms with E-state index in [-0.39, 0.29) is 12.3 Å². The number of amides is 2. The van der Waals surface area contributed by atoms with E-state index in [0.29, 0.717) is 11.8 Å². The molecule has 5 heteroatoms. The Bertz CT molecular complexity index is 257. The second kappa shape index (κ2) is 4.61. The van der Waals surface area contributed by atoms with E-state index < -0.39 is 11.9 Å². The monoisotopic (exact) mass is 213 g/mol. The minimum atomic E-state index is -0.778. The molecule has 15 heavy (non-hydrogen) atoms. The zero-order valence-electron chi connectivity index (χ0n) is 9.27. The van der Waals surface area contributed by atoms with E-state index in [1.807, 2.05) is 0 Å². The molecule has 0 bridgehead atoms. The van der Waals surface area contributed by atoms with E-state index in [1.54, 1.807) is 4.90 Å². The lowest BCUT2D eigenvalue weighted by Crippen LogP contribution is -2.44. The number of rotatable bonds is 3. The van der Waals surface area contributed by atoms with Crippen LogP contribution in [-0.2, 0) is 9.59 Å². The van der Waals surface area contributed by atoms with E-state index in [2.05, 4.69) is 13.8 Å². The smallest absolute Gasteiger partial charge is 0.240 e. The molecule has 0 saturated carbocycles. The molecule has 0 radical (unpaired) electrons. The predicted molar refractivity (Wildman–Crippen MR) is 56.7 cm³/mol. The molecule has 1 aliphatic heterocycles. The lowest BCUT2D eigenvalue weighted by Gasteiger charge is -2.19. The van der Waals surface area contributed by atoms with Crippen LogP contribution in [0.1, 0.15) is 20.3 Å². The molecule has 0 aromatic rings. The van der Waals surface area contributed by atoms with Crippen LogP contribution in [0.5, 0.6) is 0 Å². The first-order valence-corrected chi connectivity index (χ1v) is 5.24. The Balaban J connectivity index is 2.51. The fraction of sp³-hybridized carbons (Fsp3) is 0.800. The molecule has 1 aliphatic rings. The first-order valence-electron chi connectivity index (χ1n) is 5.24. The topological polar surface area (TPSA) is 89.4 Å². The molecule has 5 nitrogen and oxygen atoms in total. The molecule has 0 aliphatic carbocycles. The fourth-order valence-corrected chi connectivity index (χ4v) is 1.85. The number of primary amides is 1. The number of carbonyl (C=O) groups excluding carboxylic acids is 2. The Hall–Kier alpha value is -1.10. The maximum absolute atomic E-state index is 11.8. The number of nitrogens with zero attached hydrogens (tertiary/aromatic N) is 1. The minimum Gasteiger partial charge on any atom is -0.370 e. The number of hydrogen-bond donors (Lipinski definition) is 2. The third-order valence-corrected chi connectivity index (χ3v) is 3.04. The van der Waals surface area contributed by atoms with Gasteiger partial charge in [-0.25, -0.2) is 0 Å². The Morgan fingerprint density at radius 3 is 2.20 bits per heavy atom. The second-order valence-electron chi connectivity index (χ2n) is 4.47. The molecule has 1 fully saturated rings. The normalized spacial score (nSPS) is 27.8. The molecule has 1 rings (SSSR count). The third-order valence-electron chi connectivity index (χ3n) is 3.04. The molecule has 3 atom stereocenters. The minimum absolute atomic E-state index is 0.0713.